The molecule has 5 unspecified atom stereocenters. The Kier molecular flexibility index (Phi) is 5.01. The highest BCUT2D eigenvalue weighted by molar-refractivity contribution is 4.91. The summed E-state index contributed by atoms with van der Waals surface area (Å²) in [7, 11) is 1.81. The molecule has 0 saturated carbocycles. The highest BCUT2D eigenvalue weighted by Crippen LogP contribution is 2.28. The molecule has 0 aromatic heterocycles. The number of hydrogen-bond acceptors (Lipinski definition) is 4. The molecule has 0 spiro atoms. The van der Waals surface area contributed by atoms with E-state index in [1.165, 1.54) is 6.42 Å². The van der Waals surface area contributed by atoms with Crippen LogP contribution in [-0.4, -0.2) is 55.5 Å². The quantitative estimate of drug-likeness (QED) is 0.825. The van der Waals surface area contributed by atoms with E-state index in [9.17, 15) is 0 Å². The second-order valence-corrected chi connectivity index (χ2v) is 5.83. The second kappa shape index (κ2) is 6.33. The van der Waals surface area contributed by atoms with Crippen molar-refractivity contribution in [2.24, 2.45) is 5.73 Å². The van der Waals surface area contributed by atoms with Crippen LogP contribution < -0.4 is 5.73 Å². The zero-order valence-electron chi connectivity index (χ0n) is 12.0. The van der Waals surface area contributed by atoms with E-state index < -0.39 is 0 Å². The minimum absolute atomic E-state index is 0.326. The van der Waals surface area contributed by atoms with E-state index in [0.29, 0.717) is 36.9 Å². The predicted molar refractivity (Wildman–Crippen MR) is 72.6 cm³/mol. The van der Waals surface area contributed by atoms with Crippen LogP contribution in [0.25, 0.3) is 0 Å². The lowest BCUT2D eigenvalue weighted by Gasteiger charge is -2.43. The van der Waals surface area contributed by atoms with Gasteiger partial charge in [-0.2, -0.15) is 0 Å². The lowest BCUT2D eigenvalue weighted by molar-refractivity contribution is -0.0496. The van der Waals surface area contributed by atoms with E-state index in [1.54, 1.807) is 0 Å². The van der Waals surface area contributed by atoms with Crippen LogP contribution in [0.1, 0.15) is 39.5 Å². The Labute approximate surface area is 111 Å². The van der Waals surface area contributed by atoms with Crippen molar-refractivity contribution in [3.63, 3.8) is 0 Å². The van der Waals surface area contributed by atoms with Gasteiger partial charge in [0, 0.05) is 32.3 Å². The van der Waals surface area contributed by atoms with Gasteiger partial charge in [-0.1, -0.05) is 0 Å². The Morgan fingerprint density at radius 2 is 2.11 bits per heavy atom. The summed E-state index contributed by atoms with van der Waals surface area (Å²) in [5, 5.41) is 0. The fourth-order valence-electron chi connectivity index (χ4n) is 3.47. The molecule has 2 saturated heterocycles. The number of likely N-dealkylation sites (tertiary alicyclic amines) is 1. The van der Waals surface area contributed by atoms with Crippen molar-refractivity contribution in [1.82, 2.24) is 4.90 Å². The Hall–Kier alpha value is -0.160. The van der Waals surface area contributed by atoms with E-state index >= 15 is 0 Å². The Morgan fingerprint density at radius 3 is 2.61 bits per heavy atom. The smallest absolute Gasteiger partial charge is 0.0747 e. The molecule has 0 aromatic rings. The van der Waals surface area contributed by atoms with E-state index in [2.05, 4.69) is 18.7 Å². The third kappa shape index (κ3) is 3.05. The van der Waals surface area contributed by atoms with E-state index in [4.69, 9.17) is 15.2 Å². The van der Waals surface area contributed by atoms with Gasteiger partial charge in [-0.25, -0.2) is 0 Å². The third-order valence-corrected chi connectivity index (χ3v) is 4.57. The first-order valence-electron chi connectivity index (χ1n) is 7.29. The molecule has 5 atom stereocenters. The molecule has 0 bridgehead atoms. The molecule has 2 N–H and O–H groups in total. The predicted octanol–water partition coefficient (Wildman–Crippen LogP) is 1.38. The lowest BCUT2D eigenvalue weighted by Crippen LogP contribution is -2.55. The molecule has 18 heavy (non-hydrogen) atoms. The van der Waals surface area contributed by atoms with Crippen LogP contribution in [0, 0.1) is 0 Å². The van der Waals surface area contributed by atoms with Crippen LogP contribution in [-0.2, 0) is 9.47 Å². The van der Waals surface area contributed by atoms with Crippen LogP contribution in [0.3, 0.4) is 0 Å². The number of hydrogen-bond donors (Lipinski definition) is 1. The normalized spacial score (nSPS) is 40.0. The van der Waals surface area contributed by atoms with Crippen LogP contribution in [0.4, 0.5) is 0 Å². The topological polar surface area (TPSA) is 47.7 Å². The number of nitrogens with two attached hydrogens (primary N) is 1. The minimum atomic E-state index is 0.326. The van der Waals surface area contributed by atoms with Crippen LogP contribution in [0.5, 0.6) is 0 Å². The molecule has 2 aliphatic rings. The summed E-state index contributed by atoms with van der Waals surface area (Å²) in [6.45, 7) is 6.22. The summed E-state index contributed by atoms with van der Waals surface area (Å²) in [4.78, 5) is 2.54. The van der Waals surface area contributed by atoms with Gasteiger partial charge in [0.25, 0.3) is 0 Å². The fraction of sp³-hybridized carbons (Fsp3) is 1.00. The summed E-state index contributed by atoms with van der Waals surface area (Å²) < 4.78 is 11.5. The molecule has 2 heterocycles. The van der Waals surface area contributed by atoms with Crippen molar-refractivity contribution in [2.75, 3.05) is 20.2 Å². The van der Waals surface area contributed by atoms with Crippen LogP contribution in [0.15, 0.2) is 0 Å². The van der Waals surface area contributed by atoms with Gasteiger partial charge < -0.3 is 15.2 Å². The standard InChI is InChI=1S/C14H28N2O2/c1-10-8-12(17-3)6-7-16(10)13(9-15)14-5-4-11(2)18-14/h10-14H,4-9,15H2,1-3H3. The monoisotopic (exact) mass is 256 g/mol. The van der Waals surface area contributed by atoms with Gasteiger partial charge in [-0.05, 0) is 39.5 Å². The molecular formula is C14H28N2O2. The molecule has 0 aromatic carbocycles. The first-order chi connectivity index (χ1) is 8.65. The molecule has 106 valence electrons. The molecule has 4 nitrogen and oxygen atoms in total. The molecule has 4 heteroatoms. The van der Waals surface area contributed by atoms with Crippen molar-refractivity contribution >= 4 is 0 Å². The van der Waals surface area contributed by atoms with Gasteiger partial charge in [0.2, 0.25) is 0 Å². The van der Waals surface area contributed by atoms with E-state index in [1.807, 2.05) is 7.11 Å². The molecule has 2 aliphatic heterocycles. The van der Waals surface area contributed by atoms with Crippen molar-refractivity contribution in [3.8, 4) is 0 Å². The van der Waals surface area contributed by atoms with E-state index in [0.717, 1.165) is 25.8 Å². The van der Waals surface area contributed by atoms with Gasteiger partial charge in [0.1, 0.15) is 0 Å². The highest BCUT2D eigenvalue weighted by Gasteiger charge is 2.37. The zero-order chi connectivity index (χ0) is 13.1. The average molecular weight is 256 g/mol. The van der Waals surface area contributed by atoms with Crippen molar-refractivity contribution in [2.45, 2.75) is 69.9 Å². The number of rotatable bonds is 4. The summed E-state index contributed by atoms with van der Waals surface area (Å²) in [6, 6.07) is 0.916. The van der Waals surface area contributed by atoms with Gasteiger partial charge >= 0.3 is 0 Å². The first-order valence-corrected chi connectivity index (χ1v) is 7.29. The zero-order valence-corrected chi connectivity index (χ0v) is 12.0. The number of ether oxygens (including phenoxy) is 2. The van der Waals surface area contributed by atoms with Crippen molar-refractivity contribution < 1.29 is 9.47 Å². The van der Waals surface area contributed by atoms with Gasteiger partial charge in [0.15, 0.2) is 0 Å². The SMILES string of the molecule is COC1CCN(C(CN)C2CCC(C)O2)C(C)C1. The van der Waals surface area contributed by atoms with Gasteiger partial charge in [-0.3, -0.25) is 4.90 Å². The Morgan fingerprint density at radius 1 is 1.33 bits per heavy atom. The summed E-state index contributed by atoms with van der Waals surface area (Å²) in [5.74, 6) is 0. The van der Waals surface area contributed by atoms with Crippen molar-refractivity contribution in [1.29, 1.82) is 0 Å². The van der Waals surface area contributed by atoms with Gasteiger partial charge in [0.05, 0.1) is 18.3 Å². The number of piperidine rings is 1. The second-order valence-electron chi connectivity index (χ2n) is 5.83. The summed E-state index contributed by atoms with van der Waals surface area (Å²) >= 11 is 0. The van der Waals surface area contributed by atoms with Crippen LogP contribution in [0.2, 0.25) is 0 Å². The fourth-order valence-corrected chi connectivity index (χ4v) is 3.47. The largest absolute Gasteiger partial charge is 0.381 e. The van der Waals surface area contributed by atoms with E-state index in [-0.39, 0.29) is 0 Å². The number of methoxy groups -OCH3 is 1. The lowest BCUT2D eigenvalue weighted by atomic mass is 9.95. The van der Waals surface area contributed by atoms with Crippen molar-refractivity contribution in [3.05, 3.63) is 0 Å². The average Bonchev–Trinajstić information content (AvgIpc) is 2.78. The molecule has 2 fully saturated rings. The summed E-state index contributed by atoms with van der Waals surface area (Å²) in [5.41, 5.74) is 6.01. The van der Waals surface area contributed by atoms with Gasteiger partial charge in [-0.15, -0.1) is 0 Å². The summed E-state index contributed by atoms with van der Waals surface area (Å²) in [6.07, 6.45) is 5.68. The molecular weight excluding hydrogens is 228 g/mol. The van der Waals surface area contributed by atoms with Crippen LogP contribution >= 0.6 is 0 Å². The molecule has 0 aliphatic carbocycles. The maximum atomic E-state index is 6.02. The third-order valence-electron chi connectivity index (χ3n) is 4.57. The minimum Gasteiger partial charge on any atom is -0.381 e. The molecule has 0 amide bonds. The maximum Gasteiger partial charge on any atom is 0.0747 e. The maximum absolute atomic E-state index is 6.02. The Balaban J connectivity index is 1.95. The highest BCUT2D eigenvalue weighted by atomic mass is 16.5. The Bertz CT molecular complexity index is 262. The first kappa shape index (κ1) is 14.3. The molecule has 2 rings (SSSR count). The number of nitrogens with zero attached hydrogens (tertiary/aromatic N) is 1. The molecule has 0 radical (unpaired) electrons.